The van der Waals surface area contributed by atoms with Crippen LogP contribution in [0.15, 0.2) is 9.59 Å². The van der Waals surface area contributed by atoms with E-state index in [1.165, 1.54) is 11.9 Å². The highest BCUT2D eigenvalue weighted by atomic mass is 16.5. The number of aromatic nitrogens is 3. The van der Waals surface area contributed by atoms with Crippen LogP contribution in [0, 0.1) is 0 Å². The molecule has 1 aromatic rings. The number of aromatic amines is 2. The van der Waals surface area contributed by atoms with Gasteiger partial charge >= 0.3 is 11.7 Å². The van der Waals surface area contributed by atoms with E-state index in [0.29, 0.717) is 0 Å². The number of rotatable bonds is 4. The smallest absolute Gasteiger partial charge is 0.342 e. The molecule has 16 heavy (non-hydrogen) atoms. The Morgan fingerprint density at radius 2 is 2.19 bits per heavy atom. The van der Waals surface area contributed by atoms with E-state index < -0.39 is 17.2 Å². The van der Waals surface area contributed by atoms with Crippen LogP contribution < -0.4 is 16.1 Å². The molecule has 0 aliphatic rings. The Morgan fingerprint density at radius 3 is 2.75 bits per heavy atom. The lowest BCUT2D eigenvalue weighted by Gasteiger charge is -2.14. The van der Waals surface area contributed by atoms with Crippen molar-refractivity contribution in [2.24, 2.45) is 0 Å². The van der Waals surface area contributed by atoms with E-state index in [-0.39, 0.29) is 19.0 Å². The number of anilines is 1. The number of carbonyl (C=O) groups excluding carboxylic acids is 1. The van der Waals surface area contributed by atoms with Crippen LogP contribution in [-0.4, -0.2) is 41.3 Å². The molecule has 1 heterocycles. The van der Waals surface area contributed by atoms with E-state index in [0.717, 1.165) is 0 Å². The zero-order chi connectivity index (χ0) is 12.1. The van der Waals surface area contributed by atoms with Gasteiger partial charge in [-0.2, -0.15) is 0 Å². The van der Waals surface area contributed by atoms with Gasteiger partial charge in [0.25, 0.3) is 5.56 Å². The lowest BCUT2D eigenvalue weighted by atomic mass is 10.5. The van der Waals surface area contributed by atoms with Crippen LogP contribution in [0.1, 0.15) is 6.92 Å². The first kappa shape index (κ1) is 12.0. The second kappa shape index (κ2) is 5.10. The van der Waals surface area contributed by atoms with Gasteiger partial charge in [0.2, 0.25) is 5.82 Å². The Kier molecular flexibility index (Phi) is 3.81. The average molecular weight is 228 g/mol. The molecule has 0 fully saturated rings. The number of H-pyrrole nitrogens is 2. The molecule has 0 saturated heterocycles. The molecule has 0 aliphatic carbocycles. The van der Waals surface area contributed by atoms with Crippen molar-refractivity contribution >= 4 is 11.8 Å². The van der Waals surface area contributed by atoms with Gasteiger partial charge in [-0.25, -0.2) is 9.89 Å². The molecule has 0 aliphatic heterocycles. The van der Waals surface area contributed by atoms with E-state index in [2.05, 4.69) is 10.2 Å². The Bertz CT molecular complexity index is 477. The molecule has 0 spiro atoms. The number of carbonyl (C=O) groups is 1. The molecule has 0 saturated carbocycles. The van der Waals surface area contributed by atoms with Crippen molar-refractivity contribution < 1.29 is 9.53 Å². The summed E-state index contributed by atoms with van der Waals surface area (Å²) in [6.07, 6.45) is 0. The summed E-state index contributed by atoms with van der Waals surface area (Å²) in [5.41, 5.74) is -1.35. The van der Waals surface area contributed by atoms with E-state index in [1.54, 1.807) is 6.92 Å². The summed E-state index contributed by atoms with van der Waals surface area (Å²) in [6, 6.07) is 0. The highest BCUT2D eigenvalue weighted by molar-refractivity contribution is 5.74. The molecular weight excluding hydrogens is 216 g/mol. The van der Waals surface area contributed by atoms with E-state index in [9.17, 15) is 14.4 Å². The van der Waals surface area contributed by atoms with Crippen molar-refractivity contribution in [3.05, 3.63) is 20.8 Å². The van der Waals surface area contributed by atoms with Crippen molar-refractivity contribution in [2.45, 2.75) is 6.92 Å². The van der Waals surface area contributed by atoms with Crippen molar-refractivity contribution in [3.8, 4) is 0 Å². The minimum absolute atomic E-state index is 0.0485. The third-order valence-electron chi connectivity index (χ3n) is 1.73. The molecule has 8 nitrogen and oxygen atoms in total. The normalized spacial score (nSPS) is 9.88. The first-order valence-corrected chi connectivity index (χ1v) is 4.60. The molecular formula is C8H12N4O4. The molecule has 8 heteroatoms. The minimum atomic E-state index is -0.696. The molecule has 0 radical (unpaired) electrons. The lowest BCUT2D eigenvalue weighted by molar-refractivity contribution is -0.141. The van der Waals surface area contributed by atoms with Crippen LogP contribution >= 0.6 is 0 Å². The highest BCUT2D eigenvalue weighted by Gasteiger charge is 2.12. The van der Waals surface area contributed by atoms with Crippen LogP contribution in [0.4, 0.5) is 5.82 Å². The van der Waals surface area contributed by atoms with Gasteiger partial charge in [0.05, 0.1) is 6.61 Å². The zero-order valence-corrected chi connectivity index (χ0v) is 8.94. The van der Waals surface area contributed by atoms with Gasteiger partial charge in [-0.1, -0.05) is 0 Å². The van der Waals surface area contributed by atoms with Crippen LogP contribution in [-0.2, 0) is 9.53 Å². The van der Waals surface area contributed by atoms with Crippen LogP contribution in [0.3, 0.4) is 0 Å². The van der Waals surface area contributed by atoms with Crippen molar-refractivity contribution in [2.75, 3.05) is 25.1 Å². The van der Waals surface area contributed by atoms with Gasteiger partial charge in [-0.15, -0.1) is 5.10 Å². The summed E-state index contributed by atoms with van der Waals surface area (Å²) < 4.78 is 4.71. The molecule has 1 aromatic heterocycles. The third-order valence-corrected chi connectivity index (χ3v) is 1.73. The van der Waals surface area contributed by atoms with E-state index >= 15 is 0 Å². The molecule has 0 aromatic carbocycles. The monoisotopic (exact) mass is 228 g/mol. The first-order chi connectivity index (χ1) is 7.54. The second-order valence-corrected chi connectivity index (χ2v) is 2.99. The largest absolute Gasteiger partial charge is 0.465 e. The van der Waals surface area contributed by atoms with E-state index in [1.807, 2.05) is 4.98 Å². The Hall–Kier alpha value is -2.12. The summed E-state index contributed by atoms with van der Waals surface area (Å²) in [6.45, 7) is 1.83. The van der Waals surface area contributed by atoms with Crippen molar-refractivity contribution in [1.82, 2.24) is 15.2 Å². The lowest BCUT2D eigenvalue weighted by Crippen LogP contribution is -2.35. The predicted molar refractivity (Wildman–Crippen MR) is 55.4 cm³/mol. The molecule has 2 N–H and O–H groups in total. The second-order valence-electron chi connectivity index (χ2n) is 2.99. The number of hydrogen-bond acceptors (Lipinski definition) is 6. The fraction of sp³-hybridized carbons (Fsp3) is 0.500. The summed E-state index contributed by atoms with van der Waals surface area (Å²) in [5, 5.41) is 5.60. The maximum Gasteiger partial charge on any atom is 0.342 e. The number of likely N-dealkylation sites (N-methyl/N-ethyl adjacent to an activating group) is 1. The first-order valence-electron chi connectivity index (χ1n) is 4.60. The summed E-state index contributed by atoms with van der Waals surface area (Å²) in [4.78, 5) is 36.4. The molecule has 0 amide bonds. The molecule has 1 rings (SSSR count). The van der Waals surface area contributed by atoms with Gasteiger partial charge in [-0.3, -0.25) is 14.6 Å². The quantitative estimate of drug-likeness (QED) is 0.604. The molecule has 88 valence electrons. The van der Waals surface area contributed by atoms with Gasteiger partial charge < -0.3 is 9.64 Å². The fourth-order valence-electron chi connectivity index (χ4n) is 1.08. The van der Waals surface area contributed by atoms with Crippen molar-refractivity contribution in [3.63, 3.8) is 0 Å². The van der Waals surface area contributed by atoms with Crippen LogP contribution in [0.2, 0.25) is 0 Å². The van der Waals surface area contributed by atoms with Gasteiger partial charge in [0.15, 0.2) is 0 Å². The van der Waals surface area contributed by atoms with Gasteiger partial charge in [-0.05, 0) is 6.92 Å². The van der Waals surface area contributed by atoms with Crippen LogP contribution in [0.5, 0.6) is 0 Å². The predicted octanol–water partition coefficient (Wildman–Crippen LogP) is -1.54. The summed E-state index contributed by atoms with van der Waals surface area (Å²) in [5.74, 6) is -0.523. The molecule has 0 atom stereocenters. The number of nitrogens with one attached hydrogen (secondary N) is 2. The van der Waals surface area contributed by atoms with Crippen molar-refractivity contribution in [1.29, 1.82) is 0 Å². The van der Waals surface area contributed by atoms with Gasteiger partial charge in [0, 0.05) is 7.05 Å². The number of nitrogens with zero attached hydrogens (tertiary/aromatic N) is 2. The standard InChI is InChI=1S/C8H12N4O4/c1-3-16-5(13)4-12(2)6-7(14)9-8(15)11-10-6/h3-4H2,1-2H3,(H2,9,11,14,15). The molecule has 0 unspecified atom stereocenters. The third kappa shape index (κ3) is 2.94. The average Bonchev–Trinajstić information content (AvgIpc) is 2.17. The Labute approximate surface area is 90.2 Å². The fourth-order valence-corrected chi connectivity index (χ4v) is 1.08. The number of hydrogen-bond donors (Lipinski definition) is 2. The zero-order valence-electron chi connectivity index (χ0n) is 8.94. The minimum Gasteiger partial charge on any atom is -0.465 e. The summed E-state index contributed by atoms with van der Waals surface area (Å²) in [7, 11) is 1.49. The molecule has 0 bridgehead atoms. The van der Waals surface area contributed by atoms with Gasteiger partial charge in [0.1, 0.15) is 6.54 Å². The maximum atomic E-state index is 11.3. The summed E-state index contributed by atoms with van der Waals surface area (Å²) >= 11 is 0. The number of ether oxygens (including phenoxy) is 1. The highest BCUT2D eigenvalue weighted by Crippen LogP contribution is 1.96. The van der Waals surface area contributed by atoms with Crippen LogP contribution in [0.25, 0.3) is 0 Å². The van der Waals surface area contributed by atoms with E-state index in [4.69, 9.17) is 4.74 Å². The number of esters is 1. The maximum absolute atomic E-state index is 11.3. The topological polar surface area (TPSA) is 108 Å². The Balaban J connectivity index is 2.81. The Morgan fingerprint density at radius 1 is 1.50 bits per heavy atom. The SMILES string of the molecule is CCOC(=O)CN(C)c1n[nH]c(=O)[nH]c1=O.